The molecule has 0 atom stereocenters. The van der Waals surface area contributed by atoms with Gasteiger partial charge in [-0.2, -0.15) is 0 Å². The molecule has 2 aromatic heterocycles. The van der Waals surface area contributed by atoms with E-state index in [0.29, 0.717) is 0 Å². The molecule has 0 fully saturated rings. The van der Waals surface area contributed by atoms with E-state index in [1.165, 1.54) is 116 Å². The van der Waals surface area contributed by atoms with Crippen LogP contribution in [0, 0.1) is 0 Å². The van der Waals surface area contributed by atoms with Crippen molar-refractivity contribution >= 4 is 88.6 Å². The van der Waals surface area contributed by atoms with Crippen LogP contribution >= 0.6 is 0 Å². The summed E-state index contributed by atoms with van der Waals surface area (Å²) in [5, 5.41) is 7.14. The van der Waals surface area contributed by atoms with Crippen LogP contribution < -0.4 is 9.80 Å². The second-order valence-electron chi connectivity index (χ2n) is 30.7. The van der Waals surface area contributed by atoms with Gasteiger partial charge in [0.2, 0.25) is 0 Å². The minimum Gasteiger partial charge on any atom is -0.454 e. The van der Waals surface area contributed by atoms with Crippen LogP contribution in [0.2, 0.25) is 0 Å². The Morgan fingerprint density at radius 1 is 0.246 bits per heavy atom. The number of rotatable bonds is 13. The number of benzene rings is 18. The van der Waals surface area contributed by atoms with E-state index < -0.39 is 5.41 Å². The summed E-state index contributed by atoms with van der Waals surface area (Å²) in [4.78, 5) is 4.82. The topological polar surface area (TPSA) is 24.6 Å². The Labute approximate surface area is 664 Å². The minimum atomic E-state index is -0.533. The van der Waals surface area contributed by atoms with Crippen molar-refractivity contribution in [3.05, 3.63) is 464 Å². The van der Waals surface area contributed by atoms with Crippen molar-refractivity contribution in [3.63, 3.8) is 0 Å². The fourth-order valence-electron chi connectivity index (χ4n) is 18.5. The maximum atomic E-state index is 6.77. The summed E-state index contributed by atoms with van der Waals surface area (Å²) >= 11 is 0. The summed E-state index contributed by atoms with van der Waals surface area (Å²) < 4.78 is 9.14. The van der Waals surface area contributed by atoms with Crippen LogP contribution in [0.5, 0.6) is 0 Å². The lowest BCUT2D eigenvalue weighted by molar-refractivity contribution is 0.660. The van der Waals surface area contributed by atoms with Crippen molar-refractivity contribution in [2.24, 2.45) is 0 Å². The highest BCUT2D eigenvalue weighted by molar-refractivity contribution is 6.13. The first-order valence-corrected chi connectivity index (χ1v) is 39.4. The highest BCUT2D eigenvalue weighted by atomic mass is 16.3. The number of hydrogen-bond donors (Lipinski definition) is 0. The first-order valence-electron chi connectivity index (χ1n) is 39.4. The quantitative estimate of drug-likeness (QED) is 0.115. The molecule has 114 heavy (non-hydrogen) atoms. The van der Waals surface area contributed by atoms with Crippen LogP contribution in [0.4, 0.5) is 34.1 Å². The second-order valence-corrected chi connectivity index (χ2v) is 30.7. The van der Waals surface area contributed by atoms with Crippen molar-refractivity contribution in [1.82, 2.24) is 4.57 Å². The van der Waals surface area contributed by atoms with Gasteiger partial charge in [-0.15, -0.1) is 0 Å². The van der Waals surface area contributed by atoms with Gasteiger partial charge in [-0.3, -0.25) is 0 Å². The first-order chi connectivity index (χ1) is 56.3. The number of para-hydroxylation sites is 3. The maximum absolute atomic E-state index is 6.77. The molecule has 22 rings (SSSR count). The van der Waals surface area contributed by atoms with Gasteiger partial charge in [-0.1, -0.05) is 335 Å². The summed E-state index contributed by atoms with van der Waals surface area (Å²) in [5.74, 6) is 0. The number of aromatic nitrogens is 1. The third-order valence-electron chi connectivity index (χ3n) is 23.9. The summed E-state index contributed by atoms with van der Waals surface area (Å²) in [6.07, 6.45) is 0. The van der Waals surface area contributed by atoms with Crippen molar-refractivity contribution in [2.75, 3.05) is 9.80 Å². The van der Waals surface area contributed by atoms with Crippen LogP contribution in [0.25, 0.3) is 127 Å². The van der Waals surface area contributed by atoms with Gasteiger partial charge in [0, 0.05) is 61.1 Å². The Kier molecular flexibility index (Phi) is 16.4. The first kappa shape index (κ1) is 67.5. The van der Waals surface area contributed by atoms with E-state index >= 15 is 0 Å². The molecule has 2 heterocycles. The highest BCUT2D eigenvalue weighted by Gasteiger charge is 2.47. The number of anilines is 6. The Morgan fingerprint density at radius 2 is 0.675 bits per heavy atom. The summed E-state index contributed by atoms with van der Waals surface area (Å²) in [6, 6.07) is 157. The molecule has 0 saturated heterocycles. The molecule has 4 heteroatoms. The van der Waals surface area contributed by atoms with E-state index in [0.717, 1.165) is 78.4 Å². The van der Waals surface area contributed by atoms with E-state index in [1.54, 1.807) is 0 Å². The average molecular weight is 1460 g/mol. The lowest BCUT2D eigenvalue weighted by atomic mass is 9.67. The molecule has 0 amide bonds. The number of hydrogen-bond acceptors (Lipinski definition) is 3. The predicted octanol–water partition coefficient (Wildman–Crippen LogP) is 29.8. The molecule has 20 aromatic rings. The van der Waals surface area contributed by atoms with Gasteiger partial charge in [0.25, 0.3) is 0 Å². The number of furan rings is 1. The smallest absolute Gasteiger partial charge is 0.159 e. The Bertz CT molecular complexity index is 6930. The van der Waals surface area contributed by atoms with Gasteiger partial charge in [0.15, 0.2) is 5.58 Å². The van der Waals surface area contributed by atoms with Crippen LogP contribution in [-0.2, 0) is 10.8 Å². The molecule has 2 aliphatic rings. The monoisotopic (exact) mass is 1460 g/mol. The zero-order valence-electron chi connectivity index (χ0n) is 63.2. The highest BCUT2D eigenvalue weighted by Crippen LogP contribution is 2.59. The van der Waals surface area contributed by atoms with Crippen LogP contribution in [-0.4, -0.2) is 4.57 Å². The van der Waals surface area contributed by atoms with E-state index in [-0.39, 0.29) is 5.41 Å². The number of fused-ring (bicyclic) bond motifs is 13. The molecule has 0 unspecified atom stereocenters. The largest absolute Gasteiger partial charge is 0.454 e. The molecule has 18 aromatic carbocycles. The van der Waals surface area contributed by atoms with Gasteiger partial charge < -0.3 is 18.8 Å². The molecule has 538 valence electrons. The molecule has 0 saturated carbocycles. The molecular formula is C110H77N3O. The van der Waals surface area contributed by atoms with Crippen molar-refractivity contribution in [3.8, 4) is 72.4 Å². The van der Waals surface area contributed by atoms with E-state index in [1.807, 2.05) is 6.07 Å². The van der Waals surface area contributed by atoms with Crippen molar-refractivity contribution in [1.29, 1.82) is 0 Å². The lowest BCUT2D eigenvalue weighted by Crippen LogP contribution is -2.28. The molecular weight excluding hydrogens is 1380 g/mol. The lowest BCUT2D eigenvalue weighted by Gasteiger charge is -2.35. The number of nitrogens with zero attached hydrogens (tertiary/aromatic N) is 3. The maximum Gasteiger partial charge on any atom is 0.159 e. The Hall–Kier alpha value is -14.6. The van der Waals surface area contributed by atoms with Crippen molar-refractivity contribution < 1.29 is 4.42 Å². The molecule has 0 aliphatic heterocycles. The molecule has 0 spiro atoms. The molecule has 0 radical (unpaired) electrons. The molecule has 0 N–H and O–H groups in total. The zero-order chi connectivity index (χ0) is 75.9. The fourth-order valence-corrected chi connectivity index (χ4v) is 18.5. The Balaban J connectivity index is 0.000000143. The predicted molar refractivity (Wildman–Crippen MR) is 478 cm³/mol. The average Bonchev–Trinajstić information content (AvgIpc) is 1.52. The normalized spacial score (nSPS) is 12.8. The molecule has 4 nitrogen and oxygen atoms in total. The third kappa shape index (κ3) is 11.4. The van der Waals surface area contributed by atoms with Gasteiger partial charge in [-0.05, 0) is 220 Å². The minimum absolute atomic E-state index is 0.122. The summed E-state index contributed by atoms with van der Waals surface area (Å²) in [7, 11) is 0. The Morgan fingerprint density at radius 3 is 1.29 bits per heavy atom. The van der Waals surface area contributed by atoms with Gasteiger partial charge in [0.05, 0.1) is 22.1 Å². The van der Waals surface area contributed by atoms with E-state index in [9.17, 15) is 0 Å². The molecule has 2 aliphatic carbocycles. The van der Waals surface area contributed by atoms with Crippen LogP contribution in [0.3, 0.4) is 0 Å². The standard InChI is InChI=1S/C56H41N.C54H36N2O/c1-55(2)51-25-15-14-24-47(51)48-31-29-45(36-53(48)55)57(44-28-26-39-18-12-13-19-40(39)34-44)46-30-32-49-50-35-41(38-16-6-3-7-17-38)27-33-52(50)56(54(49)37-46,42-20-8-4-9-21-42)43-22-10-5-11-23-43;1-3-13-37(14-4-1)39-23-25-40(26-24-39)41-27-29-43(30-28-41)55(44-31-33-45(34-32-44)56-50-20-10-7-17-46(50)47-18-8-11-21-51(47)56)52-36-42(38-15-5-2-6-16-38)35-49-48-19-9-12-22-53(48)57-54(49)52/h3-37H,1-2H3;1-36H. The zero-order valence-corrected chi connectivity index (χ0v) is 63.2. The van der Waals surface area contributed by atoms with Gasteiger partial charge in [-0.25, -0.2) is 0 Å². The summed E-state index contributed by atoms with van der Waals surface area (Å²) in [6.45, 7) is 4.73. The SMILES string of the molecule is CC1(C)c2ccccc2-c2ccc(N(c3ccc4c(c3)C(c3ccccc3)(c3ccccc3)c3ccc(-c5ccccc5)cc3-4)c3ccc4ccccc4c3)cc21.c1ccc(-c2ccc(-c3ccc(N(c4ccc(-n5c6ccccc6c6ccccc65)cc4)c4cc(-c5ccccc5)cc5c4oc4ccccc45)cc3)cc2)cc1. The van der Waals surface area contributed by atoms with Crippen LogP contribution in [0.15, 0.2) is 435 Å². The van der Waals surface area contributed by atoms with E-state index in [4.69, 9.17) is 4.42 Å². The van der Waals surface area contributed by atoms with E-state index in [2.05, 4.69) is 453 Å². The fraction of sp³-hybridized carbons (Fsp3) is 0.0364. The third-order valence-corrected chi connectivity index (χ3v) is 23.9. The van der Waals surface area contributed by atoms with Crippen LogP contribution in [0.1, 0.15) is 47.2 Å². The summed E-state index contributed by atoms with van der Waals surface area (Å²) in [5.41, 5.74) is 33.6. The second kappa shape index (κ2) is 27.8. The van der Waals surface area contributed by atoms with Gasteiger partial charge in [0.1, 0.15) is 5.58 Å². The van der Waals surface area contributed by atoms with Crippen molar-refractivity contribution in [2.45, 2.75) is 24.7 Å². The molecule has 0 bridgehead atoms. The van der Waals surface area contributed by atoms with Gasteiger partial charge >= 0.3 is 0 Å².